The molecular formula is C18H16ClFN2O4. The molecule has 0 spiro atoms. The van der Waals surface area contributed by atoms with Crippen molar-refractivity contribution in [3.63, 3.8) is 0 Å². The van der Waals surface area contributed by atoms with E-state index in [1.807, 2.05) is 0 Å². The first-order valence-corrected chi connectivity index (χ1v) is 7.98. The van der Waals surface area contributed by atoms with E-state index in [2.05, 4.69) is 10.6 Å². The van der Waals surface area contributed by atoms with E-state index in [-0.39, 0.29) is 22.2 Å². The molecule has 0 saturated carbocycles. The first-order valence-electron chi connectivity index (χ1n) is 7.61. The summed E-state index contributed by atoms with van der Waals surface area (Å²) in [5.74, 6) is -2.17. The van der Waals surface area contributed by atoms with Gasteiger partial charge in [0.1, 0.15) is 5.82 Å². The van der Waals surface area contributed by atoms with Crippen LogP contribution in [0, 0.1) is 5.82 Å². The van der Waals surface area contributed by atoms with Crippen LogP contribution in [-0.4, -0.2) is 23.9 Å². The Bertz CT molecular complexity index is 857. The van der Waals surface area contributed by atoms with Gasteiger partial charge in [-0.15, -0.1) is 0 Å². The molecule has 6 nitrogen and oxygen atoms in total. The molecule has 2 aromatic rings. The number of rotatable bonds is 5. The SMILES string of the molecule is CC(=O)Nc1cccc(C(=O)O[C@H](C)C(=O)Nc2ccc(F)cc2Cl)c1. The number of hydrogen-bond acceptors (Lipinski definition) is 4. The van der Waals surface area contributed by atoms with Crippen molar-refractivity contribution in [2.24, 2.45) is 0 Å². The van der Waals surface area contributed by atoms with Crippen LogP contribution in [0.5, 0.6) is 0 Å². The van der Waals surface area contributed by atoms with Crippen molar-refractivity contribution >= 4 is 40.8 Å². The molecule has 0 aromatic heterocycles. The van der Waals surface area contributed by atoms with Crippen LogP contribution in [0.25, 0.3) is 0 Å². The van der Waals surface area contributed by atoms with Crippen molar-refractivity contribution in [2.45, 2.75) is 20.0 Å². The lowest BCUT2D eigenvalue weighted by Gasteiger charge is -2.14. The second kappa shape index (κ2) is 8.44. The average Bonchev–Trinajstić information content (AvgIpc) is 2.56. The minimum absolute atomic E-state index is 0.0277. The number of ether oxygens (including phenoxy) is 1. The van der Waals surface area contributed by atoms with Gasteiger partial charge in [0, 0.05) is 12.6 Å². The number of halogens is 2. The molecule has 0 aliphatic rings. The Kier molecular flexibility index (Phi) is 6.30. The minimum atomic E-state index is -1.12. The van der Waals surface area contributed by atoms with Crippen molar-refractivity contribution in [3.05, 3.63) is 58.9 Å². The summed E-state index contributed by atoms with van der Waals surface area (Å²) in [6.07, 6.45) is -1.12. The van der Waals surface area contributed by atoms with E-state index >= 15 is 0 Å². The maximum atomic E-state index is 13.0. The fraction of sp³-hybridized carbons (Fsp3) is 0.167. The zero-order chi connectivity index (χ0) is 19.3. The number of carbonyl (C=O) groups is 3. The van der Waals surface area contributed by atoms with E-state index in [0.717, 1.165) is 12.1 Å². The van der Waals surface area contributed by atoms with Crippen molar-refractivity contribution in [1.29, 1.82) is 0 Å². The lowest BCUT2D eigenvalue weighted by atomic mass is 10.2. The first-order chi connectivity index (χ1) is 12.3. The largest absolute Gasteiger partial charge is 0.449 e. The van der Waals surface area contributed by atoms with Gasteiger partial charge in [-0.2, -0.15) is 0 Å². The molecule has 1 atom stereocenters. The summed E-state index contributed by atoms with van der Waals surface area (Å²) in [6, 6.07) is 9.63. The van der Waals surface area contributed by atoms with E-state index in [1.54, 1.807) is 12.1 Å². The van der Waals surface area contributed by atoms with Gasteiger partial charge in [-0.3, -0.25) is 9.59 Å². The Balaban J connectivity index is 2.01. The standard InChI is InChI=1S/C18H16ClFN2O4/c1-10(17(24)22-16-7-6-13(20)9-15(16)19)26-18(25)12-4-3-5-14(8-12)21-11(2)23/h3-10H,1-2H3,(H,21,23)(H,22,24)/t10-/m1/s1. The molecule has 26 heavy (non-hydrogen) atoms. The highest BCUT2D eigenvalue weighted by Gasteiger charge is 2.20. The number of hydrogen-bond donors (Lipinski definition) is 2. The highest BCUT2D eigenvalue weighted by Crippen LogP contribution is 2.22. The van der Waals surface area contributed by atoms with E-state index in [0.29, 0.717) is 5.69 Å². The Morgan fingerprint density at radius 2 is 1.85 bits per heavy atom. The molecule has 0 aliphatic carbocycles. The van der Waals surface area contributed by atoms with Gasteiger partial charge >= 0.3 is 5.97 Å². The number of nitrogens with one attached hydrogen (secondary N) is 2. The van der Waals surface area contributed by atoms with Gasteiger partial charge < -0.3 is 15.4 Å². The molecule has 2 rings (SSSR count). The lowest BCUT2D eigenvalue weighted by Crippen LogP contribution is -2.30. The monoisotopic (exact) mass is 378 g/mol. The number of carbonyl (C=O) groups excluding carboxylic acids is 3. The van der Waals surface area contributed by atoms with E-state index in [9.17, 15) is 18.8 Å². The molecule has 0 aliphatic heterocycles. The fourth-order valence-corrected chi connectivity index (χ4v) is 2.25. The molecule has 0 bridgehead atoms. The molecular weight excluding hydrogens is 363 g/mol. The van der Waals surface area contributed by atoms with Crippen molar-refractivity contribution < 1.29 is 23.5 Å². The Morgan fingerprint density at radius 1 is 1.12 bits per heavy atom. The summed E-state index contributed by atoms with van der Waals surface area (Å²) in [5, 5.41) is 5.04. The average molecular weight is 379 g/mol. The summed E-state index contributed by atoms with van der Waals surface area (Å²) < 4.78 is 18.1. The van der Waals surface area contributed by atoms with Crippen molar-refractivity contribution in [2.75, 3.05) is 10.6 Å². The number of amides is 2. The number of benzene rings is 2. The molecule has 0 unspecified atom stereocenters. The Labute approximate surface area is 154 Å². The molecule has 2 amide bonds. The normalized spacial score (nSPS) is 11.4. The van der Waals surface area contributed by atoms with Gasteiger partial charge in [0.25, 0.3) is 5.91 Å². The Morgan fingerprint density at radius 3 is 2.50 bits per heavy atom. The smallest absolute Gasteiger partial charge is 0.338 e. The third-order valence-electron chi connectivity index (χ3n) is 3.26. The van der Waals surface area contributed by atoms with Crippen LogP contribution in [0.4, 0.5) is 15.8 Å². The molecule has 136 valence electrons. The summed E-state index contributed by atoms with van der Waals surface area (Å²) in [6.45, 7) is 2.74. The second-order valence-corrected chi connectivity index (χ2v) is 5.83. The summed E-state index contributed by atoms with van der Waals surface area (Å²) in [4.78, 5) is 35.4. The summed E-state index contributed by atoms with van der Waals surface area (Å²) >= 11 is 5.84. The minimum Gasteiger partial charge on any atom is -0.449 e. The maximum absolute atomic E-state index is 13.0. The summed E-state index contributed by atoms with van der Waals surface area (Å²) in [7, 11) is 0. The maximum Gasteiger partial charge on any atom is 0.338 e. The van der Waals surface area contributed by atoms with Crippen LogP contribution in [0.3, 0.4) is 0 Å². The molecule has 0 heterocycles. The van der Waals surface area contributed by atoms with Crippen LogP contribution in [0.1, 0.15) is 24.2 Å². The van der Waals surface area contributed by atoms with Crippen LogP contribution >= 0.6 is 11.6 Å². The predicted octanol–water partition coefficient (Wildman–Crippen LogP) is 3.62. The van der Waals surface area contributed by atoms with Gasteiger partial charge in [-0.05, 0) is 43.3 Å². The first kappa shape index (κ1) is 19.4. The van der Waals surface area contributed by atoms with Gasteiger partial charge in [0.2, 0.25) is 5.91 Å². The Hall–Kier alpha value is -2.93. The lowest BCUT2D eigenvalue weighted by molar-refractivity contribution is -0.123. The van der Waals surface area contributed by atoms with Crippen molar-refractivity contribution in [3.8, 4) is 0 Å². The quantitative estimate of drug-likeness (QED) is 0.778. The van der Waals surface area contributed by atoms with E-state index in [4.69, 9.17) is 16.3 Å². The molecule has 0 radical (unpaired) electrons. The molecule has 2 aromatic carbocycles. The number of esters is 1. The van der Waals surface area contributed by atoms with Crippen LogP contribution in [0.2, 0.25) is 5.02 Å². The van der Waals surface area contributed by atoms with Gasteiger partial charge in [0.05, 0.1) is 16.3 Å². The molecule has 0 fully saturated rings. The van der Waals surface area contributed by atoms with Crippen LogP contribution < -0.4 is 10.6 Å². The third-order valence-corrected chi connectivity index (χ3v) is 3.57. The number of anilines is 2. The van der Waals surface area contributed by atoms with Gasteiger partial charge in [-0.25, -0.2) is 9.18 Å². The highest BCUT2D eigenvalue weighted by molar-refractivity contribution is 6.33. The van der Waals surface area contributed by atoms with Gasteiger partial charge in [-0.1, -0.05) is 17.7 Å². The third kappa shape index (κ3) is 5.29. The predicted molar refractivity (Wildman–Crippen MR) is 95.7 cm³/mol. The zero-order valence-electron chi connectivity index (χ0n) is 14.0. The van der Waals surface area contributed by atoms with E-state index < -0.39 is 23.8 Å². The van der Waals surface area contributed by atoms with Crippen LogP contribution in [0.15, 0.2) is 42.5 Å². The zero-order valence-corrected chi connectivity index (χ0v) is 14.8. The molecule has 0 saturated heterocycles. The highest BCUT2D eigenvalue weighted by atomic mass is 35.5. The summed E-state index contributed by atoms with van der Waals surface area (Å²) in [5.41, 5.74) is 0.812. The van der Waals surface area contributed by atoms with Crippen molar-refractivity contribution in [1.82, 2.24) is 0 Å². The topological polar surface area (TPSA) is 84.5 Å². The van der Waals surface area contributed by atoms with Gasteiger partial charge in [0.15, 0.2) is 6.10 Å². The molecule has 2 N–H and O–H groups in total. The van der Waals surface area contributed by atoms with Crippen LogP contribution in [-0.2, 0) is 14.3 Å². The van der Waals surface area contributed by atoms with E-state index in [1.165, 1.54) is 32.0 Å². The fourth-order valence-electron chi connectivity index (χ4n) is 2.03. The molecule has 8 heteroatoms. The second-order valence-electron chi connectivity index (χ2n) is 5.42.